The molecule has 0 spiro atoms. The number of hydrogen-bond donors (Lipinski definition) is 0. The maximum Gasteiger partial charge on any atom is 0.236 e. The maximum absolute atomic E-state index is 13.2. The summed E-state index contributed by atoms with van der Waals surface area (Å²) in [4.78, 5) is 32.5. The van der Waals surface area contributed by atoms with Crippen molar-refractivity contribution in [1.29, 1.82) is 0 Å². The first-order chi connectivity index (χ1) is 16.4. The van der Waals surface area contributed by atoms with Crippen LogP contribution in [0, 0.1) is 6.92 Å². The summed E-state index contributed by atoms with van der Waals surface area (Å²) in [5, 5.41) is 0.686. The van der Waals surface area contributed by atoms with E-state index in [0.29, 0.717) is 37.0 Å². The highest BCUT2D eigenvalue weighted by atomic mass is 35.5. The monoisotopic (exact) mass is 491 g/mol. The molecular weight excluding hydrogens is 454 g/mol. The Bertz CT molecular complexity index is 854. The molecule has 0 N–H and O–H groups in total. The van der Waals surface area contributed by atoms with E-state index in [1.165, 1.54) is 12.8 Å². The highest BCUT2D eigenvalue weighted by Crippen LogP contribution is 2.28. The van der Waals surface area contributed by atoms with Crippen LogP contribution in [0.4, 0.5) is 0 Å². The molecule has 2 amide bonds. The largest absolute Gasteiger partial charge is 0.490 e. The number of morpholine rings is 1. The number of likely N-dealkylation sites (tertiary alicyclic amines) is 2. The molecule has 8 heteroatoms. The van der Waals surface area contributed by atoms with Crippen LogP contribution in [0.2, 0.25) is 5.02 Å². The summed E-state index contributed by atoms with van der Waals surface area (Å²) >= 11 is 6.17. The van der Waals surface area contributed by atoms with Crippen LogP contribution in [0.5, 0.6) is 5.75 Å². The average molecular weight is 492 g/mol. The van der Waals surface area contributed by atoms with E-state index in [1.807, 2.05) is 34.9 Å². The molecule has 188 valence electrons. The minimum absolute atomic E-state index is 0.0842. The fraction of sp³-hybridized carbons (Fsp3) is 0.692. The number of ether oxygens (including phenoxy) is 2. The van der Waals surface area contributed by atoms with E-state index < -0.39 is 5.60 Å². The lowest BCUT2D eigenvalue weighted by Gasteiger charge is -2.43. The summed E-state index contributed by atoms with van der Waals surface area (Å²) in [6.07, 6.45) is 7.01. The number of hydrogen-bond acceptors (Lipinski definition) is 5. The number of carbonyl (C=O) groups is 2. The molecule has 1 aromatic rings. The molecule has 1 aromatic carbocycles. The van der Waals surface area contributed by atoms with E-state index in [9.17, 15) is 9.59 Å². The maximum atomic E-state index is 13.2. The second kappa shape index (κ2) is 11.7. The van der Waals surface area contributed by atoms with Crippen molar-refractivity contribution >= 4 is 23.4 Å². The standard InChI is InChI=1S/C26H38ClN3O4/c1-21-16-22(8-9-23(21)27)33-20-26(17-24(31)29-12-6-3-7-13-29)19-30(14-15-34-26)25(32)18-28-10-4-2-5-11-28/h8-9,16H,2-7,10-15,17-20H2,1H3. The van der Waals surface area contributed by atoms with Crippen LogP contribution in [0.3, 0.4) is 0 Å². The summed E-state index contributed by atoms with van der Waals surface area (Å²) in [5.74, 6) is 0.885. The fourth-order valence-electron chi connectivity index (χ4n) is 5.16. The van der Waals surface area contributed by atoms with Gasteiger partial charge in [0.25, 0.3) is 0 Å². The molecule has 0 saturated carbocycles. The molecule has 3 aliphatic heterocycles. The van der Waals surface area contributed by atoms with Gasteiger partial charge in [-0.25, -0.2) is 0 Å². The van der Waals surface area contributed by atoms with Crippen LogP contribution in [-0.4, -0.2) is 91.1 Å². The molecule has 3 fully saturated rings. The van der Waals surface area contributed by atoms with Gasteiger partial charge in [0.05, 0.1) is 26.1 Å². The number of benzene rings is 1. The number of carbonyl (C=O) groups excluding carboxylic acids is 2. The van der Waals surface area contributed by atoms with Crippen molar-refractivity contribution in [3.8, 4) is 5.75 Å². The molecule has 3 aliphatic rings. The molecule has 3 heterocycles. The molecule has 7 nitrogen and oxygen atoms in total. The number of amides is 2. The third-order valence-electron chi connectivity index (χ3n) is 7.22. The molecule has 0 bridgehead atoms. The Morgan fingerprint density at radius 1 is 0.971 bits per heavy atom. The highest BCUT2D eigenvalue weighted by molar-refractivity contribution is 6.31. The van der Waals surface area contributed by atoms with Gasteiger partial charge in [0.2, 0.25) is 11.8 Å². The topological polar surface area (TPSA) is 62.3 Å². The van der Waals surface area contributed by atoms with Gasteiger partial charge in [-0.2, -0.15) is 0 Å². The molecule has 1 atom stereocenters. The van der Waals surface area contributed by atoms with Crippen molar-refractivity contribution < 1.29 is 19.1 Å². The van der Waals surface area contributed by atoms with Gasteiger partial charge >= 0.3 is 0 Å². The predicted molar refractivity (Wildman–Crippen MR) is 132 cm³/mol. The van der Waals surface area contributed by atoms with Gasteiger partial charge in [-0.1, -0.05) is 18.0 Å². The normalized spacial score (nSPS) is 24.2. The van der Waals surface area contributed by atoms with Gasteiger partial charge in [0.15, 0.2) is 0 Å². The van der Waals surface area contributed by atoms with Gasteiger partial charge < -0.3 is 19.3 Å². The van der Waals surface area contributed by atoms with Gasteiger partial charge in [0, 0.05) is 24.7 Å². The van der Waals surface area contributed by atoms with Gasteiger partial charge in [-0.15, -0.1) is 0 Å². The fourth-order valence-corrected chi connectivity index (χ4v) is 5.28. The van der Waals surface area contributed by atoms with Crippen molar-refractivity contribution in [3.63, 3.8) is 0 Å². The Morgan fingerprint density at radius 2 is 1.68 bits per heavy atom. The highest BCUT2D eigenvalue weighted by Gasteiger charge is 2.42. The SMILES string of the molecule is Cc1cc(OCC2(CC(=O)N3CCCCC3)CN(C(=O)CN3CCCCC3)CCO2)ccc1Cl. The van der Waals surface area contributed by atoms with Crippen LogP contribution in [0.1, 0.15) is 50.5 Å². The van der Waals surface area contributed by atoms with Crippen molar-refractivity contribution in [1.82, 2.24) is 14.7 Å². The third-order valence-corrected chi connectivity index (χ3v) is 7.65. The van der Waals surface area contributed by atoms with E-state index in [0.717, 1.165) is 57.4 Å². The van der Waals surface area contributed by atoms with Crippen molar-refractivity contribution in [2.45, 2.75) is 57.5 Å². The lowest BCUT2D eigenvalue weighted by Crippen LogP contribution is -2.59. The Hall–Kier alpha value is -1.83. The third kappa shape index (κ3) is 6.64. The quantitative estimate of drug-likeness (QED) is 0.584. The van der Waals surface area contributed by atoms with E-state index in [2.05, 4.69) is 4.90 Å². The molecule has 1 unspecified atom stereocenters. The Morgan fingerprint density at radius 3 is 2.38 bits per heavy atom. The zero-order valence-corrected chi connectivity index (χ0v) is 21.2. The first-order valence-electron chi connectivity index (χ1n) is 12.7. The lowest BCUT2D eigenvalue weighted by molar-refractivity contribution is -0.166. The number of nitrogens with zero attached hydrogens (tertiary/aromatic N) is 3. The molecule has 3 saturated heterocycles. The summed E-state index contributed by atoms with van der Waals surface area (Å²) in [6, 6.07) is 5.54. The first kappa shape index (κ1) is 25.3. The smallest absolute Gasteiger partial charge is 0.236 e. The summed E-state index contributed by atoms with van der Waals surface area (Å²) < 4.78 is 12.4. The van der Waals surface area contributed by atoms with Crippen molar-refractivity contribution in [2.75, 3.05) is 59.0 Å². The second-order valence-electron chi connectivity index (χ2n) is 10.0. The second-order valence-corrected chi connectivity index (χ2v) is 10.4. The summed E-state index contributed by atoms with van der Waals surface area (Å²) in [5.41, 5.74) is 0.0678. The number of piperidine rings is 2. The molecular formula is C26H38ClN3O4. The summed E-state index contributed by atoms with van der Waals surface area (Å²) in [7, 11) is 0. The van der Waals surface area contributed by atoms with E-state index in [4.69, 9.17) is 21.1 Å². The van der Waals surface area contributed by atoms with Gasteiger partial charge in [0.1, 0.15) is 18.0 Å². The van der Waals surface area contributed by atoms with E-state index >= 15 is 0 Å². The van der Waals surface area contributed by atoms with Crippen molar-refractivity contribution in [2.24, 2.45) is 0 Å². The zero-order chi connectivity index (χ0) is 24.0. The van der Waals surface area contributed by atoms with Crippen LogP contribution in [0.25, 0.3) is 0 Å². The Labute approximate surface area is 208 Å². The Balaban J connectivity index is 1.46. The van der Waals surface area contributed by atoms with Crippen molar-refractivity contribution in [3.05, 3.63) is 28.8 Å². The number of halogens is 1. The first-order valence-corrected chi connectivity index (χ1v) is 13.1. The van der Waals surface area contributed by atoms with Gasteiger partial charge in [-0.05, 0) is 75.9 Å². The molecule has 34 heavy (non-hydrogen) atoms. The molecule has 0 aliphatic carbocycles. The van der Waals surface area contributed by atoms with E-state index in [1.54, 1.807) is 0 Å². The van der Waals surface area contributed by atoms with Crippen LogP contribution in [0.15, 0.2) is 18.2 Å². The Kier molecular flexibility index (Phi) is 8.72. The number of aryl methyl sites for hydroxylation is 1. The van der Waals surface area contributed by atoms with Crippen LogP contribution < -0.4 is 4.74 Å². The summed E-state index contributed by atoms with van der Waals surface area (Å²) in [6.45, 7) is 7.45. The lowest BCUT2D eigenvalue weighted by atomic mass is 9.96. The molecule has 0 radical (unpaired) electrons. The molecule has 0 aromatic heterocycles. The zero-order valence-electron chi connectivity index (χ0n) is 20.4. The average Bonchev–Trinajstić information content (AvgIpc) is 2.86. The van der Waals surface area contributed by atoms with Gasteiger partial charge in [-0.3, -0.25) is 14.5 Å². The minimum atomic E-state index is -0.863. The van der Waals surface area contributed by atoms with Crippen LogP contribution in [-0.2, 0) is 14.3 Å². The number of rotatable bonds is 7. The van der Waals surface area contributed by atoms with Crippen LogP contribution >= 0.6 is 11.6 Å². The van der Waals surface area contributed by atoms with E-state index in [-0.39, 0.29) is 24.8 Å². The molecule has 4 rings (SSSR count). The minimum Gasteiger partial charge on any atom is -0.490 e. The predicted octanol–water partition coefficient (Wildman–Crippen LogP) is 3.51.